The van der Waals surface area contributed by atoms with E-state index in [2.05, 4.69) is 38.9 Å². The molecule has 0 saturated carbocycles. The lowest BCUT2D eigenvalue weighted by atomic mass is 10.2. The second kappa shape index (κ2) is 7.66. The fourth-order valence-electron chi connectivity index (χ4n) is 4.33. The summed E-state index contributed by atoms with van der Waals surface area (Å²) in [6, 6.07) is 20.5. The molecule has 31 heavy (non-hydrogen) atoms. The normalized spacial score (nSPS) is 13.3. The predicted molar refractivity (Wildman–Crippen MR) is 126 cm³/mol. The molecule has 154 valence electrons. The Kier molecular flexibility index (Phi) is 4.65. The van der Waals surface area contributed by atoms with Crippen LogP contribution in [0.3, 0.4) is 0 Å². The molecule has 5 nitrogen and oxygen atoms in total. The van der Waals surface area contributed by atoms with E-state index in [0.29, 0.717) is 12.3 Å². The number of thioether (sulfide) groups is 1. The Morgan fingerprint density at radius 2 is 1.68 bits per heavy atom. The Labute approximate surface area is 187 Å². The summed E-state index contributed by atoms with van der Waals surface area (Å²) in [6.45, 7) is 0.491. The third-order valence-electron chi connectivity index (χ3n) is 5.82. The van der Waals surface area contributed by atoms with Crippen LogP contribution in [0.2, 0.25) is 0 Å². The van der Waals surface area contributed by atoms with Gasteiger partial charge in [0.1, 0.15) is 4.83 Å². The summed E-state index contributed by atoms with van der Waals surface area (Å²) in [7, 11) is 0. The largest absolute Gasteiger partial charge is 0.272 e. The molecule has 0 N–H and O–H groups in total. The molecule has 6 rings (SSSR count). The maximum Gasteiger partial charge on any atom is 0.264 e. The zero-order chi connectivity index (χ0) is 20.8. The highest BCUT2D eigenvalue weighted by Gasteiger charge is 2.25. The van der Waals surface area contributed by atoms with Crippen molar-refractivity contribution in [2.24, 2.45) is 0 Å². The minimum atomic E-state index is 0.0535. The molecule has 1 aliphatic rings. The molecule has 0 aliphatic heterocycles. The number of fused-ring (bicyclic) bond motifs is 5. The molecule has 0 atom stereocenters. The molecule has 5 aromatic rings. The van der Waals surface area contributed by atoms with Crippen LogP contribution in [0.25, 0.3) is 16.0 Å². The van der Waals surface area contributed by atoms with Crippen LogP contribution >= 0.6 is 23.1 Å². The summed E-state index contributed by atoms with van der Waals surface area (Å²) in [5.74, 6) is 1.43. The number of rotatable bonds is 5. The smallest absolute Gasteiger partial charge is 0.264 e. The summed E-state index contributed by atoms with van der Waals surface area (Å²) < 4.78 is 3.90. The van der Waals surface area contributed by atoms with Crippen molar-refractivity contribution in [2.75, 3.05) is 0 Å². The van der Waals surface area contributed by atoms with Crippen LogP contribution in [0.4, 0.5) is 0 Å². The Morgan fingerprint density at radius 3 is 2.45 bits per heavy atom. The van der Waals surface area contributed by atoms with Crippen molar-refractivity contribution >= 4 is 39.1 Å². The van der Waals surface area contributed by atoms with E-state index in [0.717, 1.165) is 46.0 Å². The van der Waals surface area contributed by atoms with Crippen molar-refractivity contribution in [1.82, 2.24) is 19.2 Å². The van der Waals surface area contributed by atoms with E-state index in [1.165, 1.54) is 16.0 Å². The van der Waals surface area contributed by atoms with Gasteiger partial charge < -0.3 is 0 Å². The Morgan fingerprint density at radius 1 is 0.935 bits per heavy atom. The van der Waals surface area contributed by atoms with Crippen molar-refractivity contribution in [3.05, 3.63) is 92.6 Å². The molecule has 3 heterocycles. The van der Waals surface area contributed by atoms with Crippen molar-refractivity contribution in [3.8, 4) is 0 Å². The zero-order valence-electron chi connectivity index (χ0n) is 16.8. The lowest BCUT2D eigenvalue weighted by molar-refractivity contribution is 0.764. The molecule has 0 spiro atoms. The lowest BCUT2D eigenvalue weighted by Gasteiger charge is -2.10. The van der Waals surface area contributed by atoms with Crippen molar-refractivity contribution in [1.29, 1.82) is 0 Å². The van der Waals surface area contributed by atoms with Gasteiger partial charge in [0.15, 0.2) is 5.16 Å². The monoisotopic (exact) mass is 444 g/mol. The van der Waals surface area contributed by atoms with Gasteiger partial charge in [0, 0.05) is 10.6 Å². The lowest BCUT2D eigenvalue weighted by Crippen LogP contribution is -2.24. The average molecular weight is 445 g/mol. The van der Waals surface area contributed by atoms with Crippen molar-refractivity contribution < 1.29 is 0 Å². The molecular weight excluding hydrogens is 424 g/mol. The molecule has 3 aromatic heterocycles. The number of nitrogens with zero attached hydrogens (tertiary/aromatic N) is 4. The summed E-state index contributed by atoms with van der Waals surface area (Å²) in [5.41, 5.74) is 3.62. The van der Waals surface area contributed by atoms with Gasteiger partial charge in [0.05, 0.1) is 11.9 Å². The minimum Gasteiger partial charge on any atom is -0.272 e. The topological polar surface area (TPSA) is 52.2 Å². The van der Waals surface area contributed by atoms with Crippen LogP contribution in [-0.2, 0) is 25.1 Å². The average Bonchev–Trinajstić information content (AvgIpc) is 3.51. The van der Waals surface area contributed by atoms with Gasteiger partial charge >= 0.3 is 0 Å². The highest BCUT2D eigenvalue weighted by Crippen LogP contribution is 2.37. The fourth-order valence-corrected chi connectivity index (χ4v) is 6.66. The van der Waals surface area contributed by atoms with E-state index < -0.39 is 0 Å². The van der Waals surface area contributed by atoms with Crippen LogP contribution in [-0.4, -0.2) is 19.2 Å². The maximum absolute atomic E-state index is 13.6. The van der Waals surface area contributed by atoms with Gasteiger partial charge in [-0.15, -0.1) is 21.5 Å². The first-order chi connectivity index (χ1) is 15.3. The van der Waals surface area contributed by atoms with E-state index >= 15 is 0 Å². The SMILES string of the molecule is O=c1c2c3c(sc2n2c(SCc4ccccc4)nnc2n1Cc1ccccc1)CCC3. The van der Waals surface area contributed by atoms with Crippen molar-refractivity contribution in [3.63, 3.8) is 0 Å². The maximum atomic E-state index is 13.6. The number of hydrogen-bond acceptors (Lipinski definition) is 5. The summed E-state index contributed by atoms with van der Waals surface area (Å²) in [6.07, 6.45) is 3.17. The highest BCUT2D eigenvalue weighted by molar-refractivity contribution is 7.98. The van der Waals surface area contributed by atoms with Gasteiger partial charge in [0.25, 0.3) is 5.56 Å². The molecule has 0 fully saturated rings. The molecule has 2 aromatic carbocycles. The second-order valence-corrected chi connectivity index (χ2v) is 9.83. The van der Waals surface area contributed by atoms with Gasteiger partial charge in [-0.3, -0.25) is 9.36 Å². The number of thiophene rings is 1. The van der Waals surface area contributed by atoms with Gasteiger partial charge in [-0.05, 0) is 36.0 Å². The molecule has 7 heteroatoms. The highest BCUT2D eigenvalue weighted by atomic mass is 32.2. The van der Waals surface area contributed by atoms with Crippen LogP contribution in [0.15, 0.2) is 70.6 Å². The summed E-state index contributed by atoms with van der Waals surface area (Å²) in [5, 5.41) is 10.7. The minimum absolute atomic E-state index is 0.0535. The quantitative estimate of drug-likeness (QED) is 0.361. The fraction of sp³-hybridized carbons (Fsp3) is 0.208. The first-order valence-electron chi connectivity index (χ1n) is 10.4. The first-order valence-corrected chi connectivity index (χ1v) is 12.2. The summed E-state index contributed by atoms with van der Waals surface area (Å²) >= 11 is 3.41. The number of aromatic nitrogens is 4. The van der Waals surface area contributed by atoms with E-state index in [-0.39, 0.29) is 5.56 Å². The molecular formula is C24H20N4OS2. The van der Waals surface area contributed by atoms with Crippen molar-refractivity contribution in [2.45, 2.75) is 36.7 Å². The number of benzene rings is 2. The third kappa shape index (κ3) is 3.20. The second-order valence-electron chi connectivity index (χ2n) is 7.81. The molecule has 0 amide bonds. The van der Waals surface area contributed by atoms with Crippen LogP contribution in [0.1, 0.15) is 28.0 Å². The Bertz CT molecular complexity index is 1450. The predicted octanol–water partition coefficient (Wildman–Crippen LogP) is 4.94. The third-order valence-corrected chi connectivity index (χ3v) is 8.09. The molecule has 1 aliphatic carbocycles. The standard InChI is InChI=1S/C24H20N4OS2/c29-21-20-18-12-7-13-19(18)31-22(20)28-23(27(21)14-16-8-3-1-4-9-16)25-26-24(28)30-15-17-10-5-2-6-11-17/h1-6,8-11H,7,12-15H2. The zero-order valence-corrected chi connectivity index (χ0v) is 18.5. The van der Waals surface area contributed by atoms with Crippen LogP contribution in [0, 0.1) is 0 Å². The van der Waals surface area contributed by atoms with Gasteiger partial charge in [-0.25, -0.2) is 4.40 Å². The van der Waals surface area contributed by atoms with E-state index in [1.54, 1.807) is 27.7 Å². The summed E-state index contributed by atoms with van der Waals surface area (Å²) in [4.78, 5) is 16.0. The number of aryl methyl sites for hydroxylation is 2. The number of hydrogen-bond donors (Lipinski definition) is 0. The van der Waals surface area contributed by atoms with Gasteiger partial charge in [-0.1, -0.05) is 72.4 Å². The van der Waals surface area contributed by atoms with E-state index in [1.807, 2.05) is 36.4 Å². The van der Waals surface area contributed by atoms with Gasteiger partial charge in [-0.2, -0.15) is 0 Å². The molecule has 0 bridgehead atoms. The Hall–Kier alpha value is -2.90. The van der Waals surface area contributed by atoms with Crippen LogP contribution in [0.5, 0.6) is 0 Å². The first kappa shape index (κ1) is 18.8. The molecule has 0 unspecified atom stereocenters. The molecule has 0 saturated heterocycles. The van der Waals surface area contributed by atoms with E-state index in [9.17, 15) is 4.79 Å². The Balaban J connectivity index is 1.54. The van der Waals surface area contributed by atoms with Gasteiger partial charge in [0.2, 0.25) is 5.78 Å². The molecule has 0 radical (unpaired) electrons. The van der Waals surface area contributed by atoms with E-state index in [4.69, 9.17) is 0 Å². The van der Waals surface area contributed by atoms with Crippen LogP contribution < -0.4 is 5.56 Å².